The number of H-pyrrole nitrogens is 1. The molecule has 1 atom stereocenters. The third kappa shape index (κ3) is 5.32. The molecule has 14 nitrogen and oxygen atoms in total. The zero-order valence-corrected chi connectivity index (χ0v) is 23.0. The number of fused-ring (bicyclic) bond motifs is 1. The SMILES string of the molecule is Cc1c(-c2nn[nH]n2)ccc2c1CC[C@@H]2NC(=O)c1cc(C(=O)NCc2cccc(CNc3c(N)c(=O)c3=O)c2)ncn1. The molecule has 43 heavy (non-hydrogen) atoms. The normalized spacial score (nSPS) is 13.9. The smallest absolute Gasteiger partial charge is 0.270 e. The quantitative estimate of drug-likeness (QED) is 0.156. The summed E-state index contributed by atoms with van der Waals surface area (Å²) in [6.07, 6.45) is 2.70. The molecule has 0 fully saturated rings. The molecule has 216 valence electrons. The lowest BCUT2D eigenvalue weighted by atomic mass is 9.97. The number of aromatic nitrogens is 6. The van der Waals surface area contributed by atoms with Crippen LogP contribution in [0, 0.1) is 6.92 Å². The van der Waals surface area contributed by atoms with Gasteiger partial charge in [0, 0.05) is 24.7 Å². The minimum absolute atomic E-state index is 0.0565. The summed E-state index contributed by atoms with van der Waals surface area (Å²) >= 11 is 0. The summed E-state index contributed by atoms with van der Waals surface area (Å²) in [4.78, 5) is 57.0. The number of amides is 2. The number of nitrogen functional groups attached to an aromatic ring is 1. The van der Waals surface area contributed by atoms with Crippen molar-refractivity contribution in [1.29, 1.82) is 0 Å². The maximum Gasteiger partial charge on any atom is 0.270 e. The summed E-state index contributed by atoms with van der Waals surface area (Å²) in [7, 11) is 0. The van der Waals surface area contributed by atoms with Crippen LogP contribution in [0.4, 0.5) is 11.4 Å². The second-order valence-corrected chi connectivity index (χ2v) is 10.2. The van der Waals surface area contributed by atoms with Crippen LogP contribution in [0.25, 0.3) is 11.4 Å². The molecule has 0 radical (unpaired) electrons. The van der Waals surface area contributed by atoms with Crippen molar-refractivity contribution >= 4 is 23.2 Å². The molecular formula is C29H26N10O4. The summed E-state index contributed by atoms with van der Waals surface area (Å²) < 4.78 is 0. The van der Waals surface area contributed by atoms with Crippen LogP contribution in [0.1, 0.15) is 61.3 Å². The predicted molar refractivity (Wildman–Crippen MR) is 156 cm³/mol. The van der Waals surface area contributed by atoms with Gasteiger partial charge in [-0.25, -0.2) is 9.97 Å². The number of nitrogens with zero attached hydrogens (tertiary/aromatic N) is 5. The highest BCUT2D eigenvalue weighted by Crippen LogP contribution is 2.36. The van der Waals surface area contributed by atoms with Crippen molar-refractivity contribution in [3.63, 3.8) is 0 Å². The summed E-state index contributed by atoms with van der Waals surface area (Å²) in [5, 5.41) is 22.9. The lowest BCUT2D eigenvalue weighted by Gasteiger charge is -2.15. The molecule has 2 aromatic heterocycles. The molecule has 0 saturated carbocycles. The van der Waals surface area contributed by atoms with Gasteiger partial charge in [0.2, 0.25) is 5.82 Å². The molecule has 14 heteroatoms. The number of hydrogen-bond acceptors (Lipinski definition) is 11. The summed E-state index contributed by atoms with van der Waals surface area (Å²) in [5.41, 5.74) is 10.2. The fourth-order valence-corrected chi connectivity index (χ4v) is 5.28. The highest BCUT2D eigenvalue weighted by atomic mass is 16.2. The van der Waals surface area contributed by atoms with Crippen molar-refractivity contribution in [3.05, 3.63) is 108 Å². The number of carbonyl (C=O) groups is 2. The second-order valence-electron chi connectivity index (χ2n) is 10.2. The Balaban J connectivity index is 1.07. The number of aromatic amines is 1. The zero-order valence-electron chi connectivity index (χ0n) is 23.0. The van der Waals surface area contributed by atoms with Crippen LogP contribution in [0.3, 0.4) is 0 Å². The number of rotatable bonds is 9. The Morgan fingerprint density at radius 1 is 1.00 bits per heavy atom. The Bertz CT molecular complexity index is 1930. The number of nitrogens with one attached hydrogen (secondary N) is 4. The molecular weight excluding hydrogens is 552 g/mol. The van der Waals surface area contributed by atoms with Crippen molar-refractivity contribution in [2.45, 2.75) is 38.9 Å². The van der Waals surface area contributed by atoms with E-state index >= 15 is 0 Å². The monoisotopic (exact) mass is 578 g/mol. The fourth-order valence-electron chi connectivity index (χ4n) is 5.28. The molecule has 6 N–H and O–H groups in total. The molecule has 0 unspecified atom stereocenters. The Morgan fingerprint density at radius 2 is 1.77 bits per heavy atom. The van der Waals surface area contributed by atoms with Gasteiger partial charge in [-0.3, -0.25) is 19.2 Å². The second kappa shape index (κ2) is 11.2. The average molecular weight is 579 g/mol. The number of tetrazole rings is 1. The molecule has 0 bridgehead atoms. The van der Waals surface area contributed by atoms with Crippen molar-refractivity contribution in [2.24, 2.45) is 0 Å². The van der Waals surface area contributed by atoms with E-state index in [0.29, 0.717) is 5.82 Å². The van der Waals surface area contributed by atoms with Crippen LogP contribution in [0.2, 0.25) is 0 Å². The van der Waals surface area contributed by atoms with Crippen LogP contribution < -0.4 is 32.5 Å². The molecule has 1 aliphatic rings. The van der Waals surface area contributed by atoms with Gasteiger partial charge >= 0.3 is 0 Å². The minimum Gasteiger partial charge on any atom is -0.394 e. The van der Waals surface area contributed by atoms with E-state index in [9.17, 15) is 19.2 Å². The summed E-state index contributed by atoms with van der Waals surface area (Å²) in [6.45, 7) is 2.49. The minimum atomic E-state index is -0.681. The Morgan fingerprint density at radius 3 is 2.51 bits per heavy atom. The van der Waals surface area contributed by atoms with E-state index in [4.69, 9.17) is 5.73 Å². The zero-order chi connectivity index (χ0) is 30.1. The third-order valence-electron chi connectivity index (χ3n) is 7.58. The maximum absolute atomic E-state index is 13.1. The largest absolute Gasteiger partial charge is 0.394 e. The number of anilines is 2. The van der Waals surface area contributed by atoms with E-state index in [1.165, 1.54) is 12.4 Å². The lowest BCUT2D eigenvalue weighted by Crippen LogP contribution is -2.36. The van der Waals surface area contributed by atoms with Crippen LogP contribution in [0.5, 0.6) is 0 Å². The highest BCUT2D eigenvalue weighted by molar-refractivity contribution is 5.97. The van der Waals surface area contributed by atoms with E-state index in [0.717, 1.165) is 46.2 Å². The van der Waals surface area contributed by atoms with Gasteiger partial charge in [-0.15, -0.1) is 10.2 Å². The van der Waals surface area contributed by atoms with Gasteiger partial charge in [-0.05, 0) is 52.8 Å². The van der Waals surface area contributed by atoms with Crippen molar-refractivity contribution in [1.82, 2.24) is 41.2 Å². The van der Waals surface area contributed by atoms with Crippen LogP contribution >= 0.6 is 0 Å². The molecule has 1 aliphatic carbocycles. The average Bonchev–Trinajstić information content (AvgIpc) is 3.71. The summed E-state index contributed by atoms with van der Waals surface area (Å²) in [5.74, 6) is -0.350. The molecule has 0 saturated heterocycles. The molecule has 5 aromatic rings. The maximum atomic E-state index is 13.1. The van der Waals surface area contributed by atoms with Gasteiger partial charge in [0.05, 0.1) is 6.04 Å². The molecule has 3 aromatic carbocycles. The van der Waals surface area contributed by atoms with Crippen molar-refractivity contribution < 1.29 is 9.59 Å². The van der Waals surface area contributed by atoms with Crippen LogP contribution in [-0.4, -0.2) is 42.4 Å². The highest BCUT2D eigenvalue weighted by Gasteiger charge is 2.28. The number of benzene rings is 2. The van der Waals surface area contributed by atoms with E-state index in [2.05, 4.69) is 46.5 Å². The number of nitrogens with two attached hydrogens (primary N) is 1. The van der Waals surface area contributed by atoms with Gasteiger partial charge in [-0.2, -0.15) is 5.21 Å². The third-order valence-corrected chi connectivity index (χ3v) is 7.58. The molecule has 6 rings (SSSR count). The van der Waals surface area contributed by atoms with Gasteiger partial charge in [0.1, 0.15) is 29.1 Å². The number of hydrogen-bond donors (Lipinski definition) is 5. The van der Waals surface area contributed by atoms with Gasteiger partial charge in [-0.1, -0.05) is 36.4 Å². The first-order valence-corrected chi connectivity index (χ1v) is 13.5. The van der Waals surface area contributed by atoms with Crippen molar-refractivity contribution in [3.8, 4) is 11.4 Å². The molecule has 2 heterocycles. The van der Waals surface area contributed by atoms with Gasteiger partial charge < -0.3 is 21.7 Å². The van der Waals surface area contributed by atoms with Crippen LogP contribution in [-0.2, 0) is 19.5 Å². The van der Waals surface area contributed by atoms with Crippen molar-refractivity contribution in [2.75, 3.05) is 11.1 Å². The molecule has 0 spiro atoms. The Labute approximate surface area is 243 Å². The van der Waals surface area contributed by atoms with Gasteiger partial charge in [0.25, 0.3) is 22.7 Å². The topological polar surface area (TPSA) is 211 Å². The molecule has 2 amide bonds. The van der Waals surface area contributed by atoms with E-state index < -0.39 is 22.7 Å². The van der Waals surface area contributed by atoms with Gasteiger partial charge in [0.15, 0.2) is 0 Å². The van der Waals surface area contributed by atoms with E-state index in [-0.39, 0.29) is 41.9 Å². The lowest BCUT2D eigenvalue weighted by molar-refractivity contribution is 0.0931. The Hall–Kier alpha value is -5.79. The first kappa shape index (κ1) is 27.4. The van der Waals surface area contributed by atoms with E-state index in [1.54, 1.807) is 0 Å². The summed E-state index contributed by atoms with van der Waals surface area (Å²) in [6, 6.07) is 12.4. The number of carbonyl (C=O) groups excluding carboxylic acids is 2. The molecule has 0 aliphatic heterocycles. The standard InChI is InChI=1S/C29H26N10O4/c1-14-17-7-8-20(19(17)6-5-18(14)27-36-38-39-37-27)35-29(43)22-10-21(33-13-34-22)28(42)32-12-16-4-2-3-15(9-16)11-31-24-23(30)25(40)26(24)41/h2-6,9-10,13,20,31H,7-8,11-12,30H2,1H3,(H,32,42)(H,35,43)(H,36,37,38,39)/t20-/m0/s1. The Kier molecular flexibility index (Phi) is 7.15. The fraction of sp³-hybridized carbons (Fsp3) is 0.207. The first-order chi connectivity index (χ1) is 20.8. The van der Waals surface area contributed by atoms with E-state index in [1.807, 2.05) is 43.3 Å². The first-order valence-electron chi connectivity index (χ1n) is 13.5. The predicted octanol–water partition coefficient (Wildman–Crippen LogP) is 1.10. The van der Waals surface area contributed by atoms with Crippen LogP contribution in [0.15, 0.2) is 58.4 Å².